The molecule has 0 spiro atoms. The highest BCUT2D eigenvalue weighted by Crippen LogP contribution is 2.17. The molecule has 2 N–H and O–H groups in total. The summed E-state index contributed by atoms with van der Waals surface area (Å²) in [6, 6.07) is 0.639. The van der Waals surface area contributed by atoms with Gasteiger partial charge in [0, 0.05) is 25.7 Å². The van der Waals surface area contributed by atoms with Crippen LogP contribution >= 0.6 is 0 Å². The van der Waals surface area contributed by atoms with Gasteiger partial charge in [0.2, 0.25) is 0 Å². The highest BCUT2D eigenvalue weighted by Gasteiger charge is 2.16. The molecule has 0 aromatic heterocycles. The SMILES string of the molecule is CCNC(=NCC(C)CN1CCCCC1)NC1CCCC1. The molecular weight excluding hydrogens is 260 g/mol. The molecule has 0 bridgehead atoms. The van der Waals surface area contributed by atoms with Gasteiger partial charge in [-0.1, -0.05) is 26.2 Å². The molecule has 4 nitrogen and oxygen atoms in total. The predicted octanol–water partition coefficient (Wildman–Crippen LogP) is 2.61. The average molecular weight is 294 g/mol. The van der Waals surface area contributed by atoms with Crippen molar-refractivity contribution in [3.8, 4) is 0 Å². The third kappa shape index (κ3) is 6.25. The summed E-state index contributed by atoms with van der Waals surface area (Å²) in [5.41, 5.74) is 0. The standard InChI is InChI=1S/C17H34N4/c1-3-18-17(20-16-9-5-6-10-16)19-13-15(2)14-21-11-7-4-8-12-21/h15-16H,3-14H2,1-2H3,(H2,18,19,20). The lowest BCUT2D eigenvalue weighted by Gasteiger charge is -2.28. The minimum absolute atomic E-state index is 0.639. The maximum absolute atomic E-state index is 4.81. The Bertz CT molecular complexity index is 304. The molecule has 1 atom stereocenters. The van der Waals surface area contributed by atoms with Crippen LogP contribution in [0, 0.1) is 5.92 Å². The van der Waals surface area contributed by atoms with Crippen LogP contribution in [0.1, 0.15) is 58.8 Å². The van der Waals surface area contributed by atoms with Crippen LogP contribution in [0.15, 0.2) is 4.99 Å². The highest BCUT2D eigenvalue weighted by molar-refractivity contribution is 5.80. The van der Waals surface area contributed by atoms with E-state index in [2.05, 4.69) is 29.4 Å². The van der Waals surface area contributed by atoms with Crippen molar-refractivity contribution >= 4 is 5.96 Å². The molecule has 0 aromatic carbocycles. The molecule has 21 heavy (non-hydrogen) atoms. The summed E-state index contributed by atoms with van der Waals surface area (Å²) < 4.78 is 0. The Morgan fingerprint density at radius 3 is 2.52 bits per heavy atom. The molecule has 4 heteroatoms. The van der Waals surface area contributed by atoms with Gasteiger partial charge in [-0.15, -0.1) is 0 Å². The van der Waals surface area contributed by atoms with Crippen molar-refractivity contribution in [3.05, 3.63) is 0 Å². The van der Waals surface area contributed by atoms with Gasteiger partial charge in [-0.2, -0.15) is 0 Å². The fraction of sp³-hybridized carbons (Fsp3) is 0.941. The largest absolute Gasteiger partial charge is 0.357 e. The van der Waals surface area contributed by atoms with Crippen molar-refractivity contribution < 1.29 is 0 Å². The summed E-state index contributed by atoms with van der Waals surface area (Å²) in [5.74, 6) is 1.66. The van der Waals surface area contributed by atoms with Crippen LogP contribution in [0.5, 0.6) is 0 Å². The van der Waals surface area contributed by atoms with Crippen molar-refractivity contribution in [1.82, 2.24) is 15.5 Å². The van der Waals surface area contributed by atoms with E-state index >= 15 is 0 Å². The zero-order valence-electron chi connectivity index (χ0n) is 14.0. The summed E-state index contributed by atoms with van der Waals surface area (Å²) in [6.07, 6.45) is 9.50. The van der Waals surface area contributed by atoms with Gasteiger partial charge < -0.3 is 15.5 Å². The van der Waals surface area contributed by atoms with Crippen LogP contribution in [0.2, 0.25) is 0 Å². The molecule has 1 saturated carbocycles. The fourth-order valence-corrected chi connectivity index (χ4v) is 3.47. The first-order valence-electron chi connectivity index (χ1n) is 9.05. The maximum atomic E-state index is 4.81. The average Bonchev–Trinajstić information content (AvgIpc) is 2.99. The molecule has 1 aliphatic carbocycles. The molecule has 1 saturated heterocycles. The number of nitrogens with one attached hydrogen (secondary N) is 2. The Morgan fingerprint density at radius 1 is 1.14 bits per heavy atom. The van der Waals surface area contributed by atoms with Crippen molar-refractivity contribution in [1.29, 1.82) is 0 Å². The smallest absolute Gasteiger partial charge is 0.191 e. The summed E-state index contributed by atoms with van der Waals surface area (Å²) >= 11 is 0. The Labute approximate surface area is 130 Å². The lowest BCUT2D eigenvalue weighted by atomic mass is 10.1. The molecule has 1 unspecified atom stereocenters. The number of nitrogens with zero attached hydrogens (tertiary/aromatic N) is 2. The van der Waals surface area contributed by atoms with Gasteiger partial charge >= 0.3 is 0 Å². The fourth-order valence-electron chi connectivity index (χ4n) is 3.47. The molecule has 1 heterocycles. The van der Waals surface area contributed by atoms with Crippen molar-refractivity contribution in [2.45, 2.75) is 64.8 Å². The number of piperidine rings is 1. The summed E-state index contributed by atoms with van der Waals surface area (Å²) in [7, 11) is 0. The molecule has 2 fully saturated rings. The molecule has 0 aromatic rings. The predicted molar refractivity (Wildman–Crippen MR) is 90.8 cm³/mol. The highest BCUT2D eigenvalue weighted by atomic mass is 15.2. The van der Waals surface area contributed by atoms with Crippen LogP contribution in [0.25, 0.3) is 0 Å². The number of hydrogen-bond donors (Lipinski definition) is 2. The number of likely N-dealkylation sites (tertiary alicyclic amines) is 1. The minimum atomic E-state index is 0.639. The van der Waals surface area contributed by atoms with E-state index < -0.39 is 0 Å². The van der Waals surface area contributed by atoms with E-state index in [9.17, 15) is 0 Å². The van der Waals surface area contributed by atoms with Gasteiger partial charge in [0.25, 0.3) is 0 Å². The molecule has 2 rings (SSSR count). The van der Waals surface area contributed by atoms with Gasteiger partial charge in [-0.25, -0.2) is 0 Å². The van der Waals surface area contributed by atoms with Crippen LogP contribution < -0.4 is 10.6 Å². The Hall–Kier alpha value is -0.770. The Kier molecular flexibility index (Phi) is 7.34. The van der Waals surface area contributed by atoms with Crippen molar-refractivity contribution in [2.75, 3.05) is 32.7 Å². The number of aliphatic imine (C=N–C) groups is 1. The van der Waals surface area contributed by atoms with Crippen LogP contribution in [-0.4, -0.2) is 49.6 Å². The molecule has 2 aliphatic rings. The van der Waals surface area contributed by atoms with E-state index in [4.69, 9.17) is 4.99 Å². The van der Waals surface area contributed by atoms with Crippen LogP contribution in [0.3, 0.4) is 0 Å². The number of rotatable bonds is 6. The third-order valence-electron chi connectivity index (χ3n) is 4.62. The maximum Gasteiger partial charge on any atom is 0.191 e. The van der Waals surface area contributed by atoms with E-state index in [1.165, 1.54) is 64.6 Å². The normalized spacial score (nSPS) is 23.2. The van der Waals surface area contributed by atoms with Gasteiger partial charge in [0.1, 0.15) is 0 Å². The second kappa shape index (κ2) is 9.29. The lowest BCUT2D eigenvalue weighted by molar-refractivity contribution is 0.203. The van der Waals surface area contributed by atoms with E-state index in [0.29, 0.717) is 12.0 Å². The van der Waals surface area contributed by atoms with Gasteiger partial charge in [-0.05, 0) is 51.6 Å². The van der Waals surface area contributed by atoms with E-state index in [1.807, 2.05) is 0 Å². The first kappa shape index (κ1) is 16.6. The van der Waals surface area contributed by atoms with Gasteiger partial charge in [0.05, 0.1) is 0 Å². The first-order chi connectivity index (χ1) is 10.3. The van der Waals surface area contributed by atoms with Crippen LogP contribution in [-0.2, 0) is 0 Å². The number of guanidine groups is 1. The molecule has 0 radical (unpaired) electrons. The van der Waals surface area contributed by atoms with Gasteiger partial charge in [0.15, 0.2) is 5.96 Å². The molecule has 122 valence electrons. The van der Waals surface area contributed by atoms with E-state index in [1.54, 1.807) is 0 Å². The zero-order chi connectivity index (χ0) is 14.9. The van der Waals surface area contributed by atoms with Crippen molar-refractivity contribution in [3.63, 3.8) is 0 Å². The third-order valence-corrected chi connectivity index (χ3v) is 4.62. The molecule has 0 amide bonds. The summed E-state index contributed by atoms with van der Waals surface area (Å²) in [6.45, 7) is 10.1. The molecule has 1 aliphatic heterocycles. The summed E-state index contributed by atoms with van der Waals surface area (Å²) in [5, 5.41) is 6.99. The lowest BCUT2D eigenvalue weighted by Crippen LogP contribution is -2.42. The Morgan fingerprint density at radius 2 is 1.86 bits per heavy atom. The minimum Gasteiger partial charge on any atom is -0.357 e. The van der Waals surface area contributed by atoms with Gasteiger partial charge in [-0.3, -0.25) is 4.99 Å². The quantitative estimate of drug-likeness (QED) is 0.584. The zero-order valence-corrected chi connectivity index (χ0v) is 14.0. The Balaban J connectivity index is 1.74. The van der Waals surface area contributed by atoms with E-state index in [-0.39, 0.29) is 0 Å². The summed E-state index contributed by atoms with van der Waals surface area (Å²) in [4.78, 5) is 7.42. The topological polar surface area (TPSA) is 39.7 Å². The number of hydrogen-bond acceptors (Lipinski definition) is 2. The second-order valence-electron chi connectivity index (χ2n) is 6.81. The van der Waals surface area contributed by atoms with Crippen molar-refractivity contribution in [2.24, 2.45) is 10.9 Å². The van der Waals surface area contributed by atoms with E-state index in [0.717, 1.165) is 19.0 Å². The first-order valence-corrected chi connectivity index (χ1v) is 9.05. The molecular formula is C17H34N4. The monoisotopic (exact) mass is 294 g/mol. The van der Waals surface area contributed by atoms with Crippen LogP contribution in [0.4, 0.5) is 0 Å². The second-order valence-corrected chi connectivity index (χ2v) is 6.81.